The summed E-state index contributed by atoms with van der Waals surface area (Å²) in [6.45, 7) is 5.70. The van der Waals surface area contributed by atoms with E-state index in [1.165, 1.54) is 0 Å². The van der Waals surface area contributed by atoms with Gasteiger partial charge in [0.1, 0.15) is 5.76 Å². The summed E-state index contributed by atoms with van der Waals surface area (Å²) in [6.07, 6.45) is 4.78. The monoisotopic (exact) mass is 252 g/mol. The van der Waals surface area contributed by atoms with Gasteiger partial charge in [0.25, 0.3) is 0 Å². The lowest BCUT2D eigenvalue weighted by Gasteiger charge is -2.24. The minimum atomic E-state index is 0.0761. The Labute approximate surface area is 109 Å². The van der Waals surface area contributed by atoms with Crippen molar-refractivity contribution in [3.63, 3.8) is 0 Å². The lowest BCUT2D eigenvalue weighted by molar-refractivity contribution is -0.121. The van der Waals surface area contributed by atoms with Crippen LogP contribution in [0, 0.1) is 5.41 Å². The van der Waals surface area contributed by atoms with Crippen LogP contribution in [0.4, 0.5) is 0 Å². The second-order valence-electron chi connectivity index (χ2n) is 5.41. The minimum Gasteiger partial charge on any atom is -0.469 e. The summed E-state index contributed by atoms with van der Waals surface area (Å²) in [7, 11) is 0. The first-order chi connectivity index (χ1) is 8.53. The predicted molar refractivity (Wildman–Crippen MR) is 72.1 cm³/mol. The van der Waals surface area contributed by atoms with E-state index in [1.807, 2.05) is 12.1 Å². The SMILES string of the molecule is CC(C)(CCCN)CNC(=O)CCc1ccco1. The third-order valence-corrected chi connectivity index (χ3v) is 3.00. The normalized spacial score (nSPS) is 11.5. The van der Waals surface area contributed by atoms with Crippen LogP contribution < -0.4 is 11.1 Å². The summed E-state index contributed by atoms with van der Waals surface area (Å²) in [6, 6.07) is 3.72. The Hall–Kier alpha value is -1.29. The van der Waals surface area contributed by atoms with Crippen molar-refractivity contribution in [2.24, 2.45) is 11.1 Å². The number of rotatable bonds is 8. The second-order valence-corrected chi connectivity index (χ2v) is 5.41. The molecule has 4 heteroatoms. The highest BCUT2D eigenvalue weighted by Crippen LogP contribution is 2.20. The van der Waals surface area contributed by atoms with Crippen molar-refractivity contribution in [2.45, 2.75) is 39.5 Å². The smallest absolute Gasteiger partial charge is 0.220 e. The van der Waals surface area contributed by atoms with Crippen molar-refractivity contribution in [1.29, 1.82) is 0 Å². The molecule has 0 fully saturated rings. The number of furan rings is 1. The third-order valence-electron chi connectivity index (χ3n) is 3.00. The number of carbonyl (C=O) groups excluding carboxylic acids is 1. The molecule has 1 rings (SSSR count). The molecule has 18 heavy (non-hydrogen) atoms. The van der Waals surface area contributed by atoms with Gasteiger partial charge < -0.3 is 15.5 Å². The van der Waals surface area contributed by atoms with Gasteiger partial charge >= 0.3 is 0 Å². The lowest BCUT2D eigenvalue weighted by atomic mass is 9.87. The summed E-state index contributed by atoms with van der Waals surface area (Å²) in [5.41, 5.74) is 5.61. The Morgan fingerprint density at radius 1 is 1.50 bits per heavy atom. The average Bonchev–Trinajstić information content (AvgIpc) is 2.84. The van der Waals surface area contributed by atoms with Gasteiger partial charge in [-0.25, -0.2) is 0 Å². The molecule has 1 amide bonds. The number of amides is 1. The molecule has 3 N–H and O–H groups in total. The summed E-state index contributed by atoms with van der Waals surface area (Å²) >= 11 is 0. The maximum absolute atomic E-state index is 11.7. The minimum absolute atomic E-state index is 0.0761. The van der Waals surface area contributed by atoms with Gasteiger partial charge in [0, 0.05) is 19.4 Å². The van der Waals surface area contributed by atoms with Gasteiger partial charge in [-0.05, 0) is 36.9 Å². The topological polar surface area (TPSA) is 68.3 Å². The van der Waals surface area contributed by atoms with Gasteiger partial charge in [0.15, 0.2) is 0 Å². The molecule has 0 bridgehead atoms. The summed E-state index contributed by atoms with van der Waals surface area (Å²) in [5.74, 6) is 0.930. The van der Waals surface area contributed by atoms with Crippen LogP contribution in [0.15, 0.2) is 22.8 Å². The van der Waals surface area contributed by atoms with Crippen LogP contribution in [0.2, 0.25) is 0 Å². The lowest BCUT2D eigenvalue weighted by Crippen LogP contribution is -2.34. The van der Waals surface area contributed by atoms with Crippen molar-refractivity contribution in [1.82, 2.24) is 5.32 Å². The predicted octanol–water partition coefficient (Wildman–Crippen LogP) is 2.09. The molecule has 1 heterocycles. The first-order valence-electron chi connectivity index (χ1n) is 6.53. The molecule has 0 aromatic carbocycles. The van der Waals surface area contributed by atoms with Crippen molar-refractivity contribution < 1.29 is 9.21 Å². The van der Waals surface area contributed by atoms with Crippen LogP contribution in [-0.4, -0.2) is 19.0 Å². The van der Waals surface area contributed by atoms with Crippen molar-refractivity contribution >= 4 is 5.91 Å². The Bertz CT molecular complexity index is 345. The first kappa shape index (κ1) is 14.8. The quantitative estimate of drug-likeness (QED) is 0.744. The van der Waals surface area contributed by atoms with Crippen molar-refractivity contribution in [3.05, 3.63) is 24.2 Å². The third kappa shape index (κ3) is 5.87. The summed E-state index contributed by atoms with van der Waals surface area (Å²) in [5, 5.41) is 2.97. The molecule has 0 saturated heterocycles. The highest BCUT2D eigenvalue weighted by molar-refractivity contribution is 5.76. The Kier molecular flexibility index (Phi) is 5.92. The van der Waals surface area contributed by atoms with Gasteiger partial charge in [-0.2, -0.15) is 0 Å². The van der Waals surface area contributed by atoms with Crippen molar-refractivity contribution in [2.75, 3.05) is 13.1 Å². The number of carbonyl (C=O) groups is 1. The van der Waals surface area contributed by atoms with Crippen LogP contribution in [0.3, 0.4) is 0 Å². The largest absolute Gasteiger partial charge is 0.469 e. The molecular weight excluding hydrogens is 228 g/mol. The molecule has 1 aromatic heterocycles. The van der Waals surface area contributed by atoms with Gasteiger partial charge in [0.05, 0.1) is 6.26 Å². The molecule has 4 nitrogen and oxygen atoms in total. The summed E-state index contributed by atoms with van der Waals surface area (Å²) in [4.78, 5) is 11.7. The zero-order valence-electron chi connectivity index (χ0n) is 11.4. The maximum atomic E-state index is 11.7. The van der Waals surface area contributed by atoms with E-state index >= 15 is 0 Å². The number of nitrogens with two attached hydrogens (primary N) is 1. The Morgan fingerprint density at radius 3 is 2.89 bits per heavy atom. The van der Waals surface area contributed by atoms with Gasteiger partial charge in [0.2, 0.25) is 5.91 Å². The van der Waals surface area contributed by atoms with Crippen LogP contribution in [0.1, 0.15) is 38.9 Å². The fourth-order valence-corrected chi connectivity index (χ4v) is 1.79. The Morgan fingerprint density at radius 2 is 2.28 bits per heavy atom. The molecule has 0 unspecified atom stereocenters. The van der Waals surface area contributed by atoms with E-state index in [9.17, 15) is 4.79 Å². The fourth-order valence-electron chi connectivity index (χ4n) is 1.79. The van der Waals surface area contributed by atoms with Crippen LogP contribution in [0.25, 0.3) is 0 Å². The van der Waals surface area contributed by atoms with E-state index in [2.05, 4.69) is 19.2 Å². The average molecular weight is 252 g/mol. The zero-order valence-corrected chi connectivity index (χ0v) is 11.4. The zero-order chi connectivity index (χ0) is 13.4. The highest BCUT2D eigenvalue weighted by atomic mass is 16.3. The van der Waals surface area contributed by atoms with E-state index in [1.54, 1.807) is 6.26 Å². The Balaban J connectivity index is 2.20. The number of hydrogen-bond acceptors (Lipinski definition) is 3. The van der Waals surface area contributed by atoms with E-state index < -0.39 is 0 Å². The molecule has 0 atom stereocenters. The number of aryl methyl sites for hydroxylation is 1. The first-order valence-corrected chi connectivity index (χ1v) is 6.53. The molecule has 102 valence electrons. The van der Waals surface area contributed by atoms with Gasteiger partial charge in [-0.3, -0.25) is 4.79 Å². The van der Waals surface area contributed by atoms with Gasteiger partial charge in [-0.1, -0.05) is 13.8 Å². The molecule has 1 aromatic rings. The summed E-state index contributed by atoms with van der Waals surface area (Å²) < 4.78 is 5.19. The second kappa shape index (κ2) is 7.21. The van der Waals surface area contributed by atoms with E-state index in [-0.39, 0.29) is 11.3 Å². The van der Waals surface area contributed by atoms with Crippen molar-refractivity contribution in [3.8, 4) is 0 Å². The maximum Gasteiger partial charge on any atom is 0.220 e. The highest BCUT2D eigenvalue weighted by Gasteiger charge is 2.18. The molecule has 0 saturated carbocycles. The van der Waals surface area contributed by atoms with Crippen LogP contribution >= 0.6 is 0 Å². The number of nitrogens with one attached hydrogen (secondary N) is 1. The molecule has 0 aliphatic rings. The molecule has 0 spiro atoms. The van der Waals surface area contributed by atoms with Crippen LogP contribution in [0.5, 0.6) is 0 Å². The van der Waals surface area contributed by atoms with E-state index in [0.29, 0.717) is 25.9 Å². The van der Waals surface area contributed by atoms with Crippen LogP contribution in [-0.2, 0) is 11.2 Å². The van der Waals surface area contributed by atoms with E-state index in [0.717, 1.165) is 18.6 Å². The molecular formula is C14H24N2O2. The molecule has 0 aliphatic heterocycles. The van der Waals surface area contributed by atoms with Gasteiger partial charge in [-0.15, -0.1) is 0 Å². The molecule has 0 radical (unpaired) electrons. The van der Waals surface area contributed by atoms with E-state index in [4.69, 9.17) is 10.2 Å². The standard InChI is InChI=1S/C14H24N2O2/c1-14(2,8-4-9-15)11-16-13(17)7-6-12-5-3-10-18-12/h3,5,10H,4,6-9,11,15H2,1-2H3,(H,16,17). The molecule has 0 aliphatic carbocycles. The number of hydrogen-bond donors (Lipinski definition) is 2. The fraction of sp³-hybridized carbons (Fsp3) is 0.643.